The van der Waals surface area contributed by atoms with Crippen molar-refractivity contribution in [3.05, 3.63) is 41.6 Å². The van der Waals surface area contributed by atoms with Crippen molar-refractivity contribution >= 4 is 5.69 Å². The fourth-order valence-corrected chi connectivity index (χ4v) is 2.79. The molecule has 0 fully saturated rings. The summed E-state index contributed by atoms with van der Waals surface area (Å²) < 4.78 is 17.3. The highest BCUT2D eigenvalue weighted by atomic mass is 16.6. The van der Waals surface area contributed by atoms with E-state index in [1.165, 1.54) is 5.56 Å². The Labute approximate surface area is 129 Å². The molecule has 0 amide bonds. The number of aromatic nitrogens is 1. The van der Waals surface area contributed by atoms with Crippen LogP contribution in [-0.4, -0.2) is 30.8 Å². The summed E-state index contributed by atoms with van der Waals surface area (Å²) in [7, 11) is 0. The van der Waals surface area contributed by atoms with Gasteiger partial charge in [0.1, 0.15) is 25.1 Å². The van der Waals surface area contributed by atoms with Crippen molar-refractivity contribution in [2.24, 2.45) is 0 Å². The van der Waals surface area contributed by atoms with Crippen molar-refractivity contribution in [2.75, 3.05) is 25.1 Å². The fourth-order valence-electron chi connectivity index (χ4n) is 2.79. The van der Waals surface area contributed by atoms with E-state index < -0.39 is 0 Å². The molecule has 114 valence electrons. The van der Waals surface area contributed by atoms with Gasteiger partial charge in [-0.3, -0.25) is 0 Å². The number of benzene rings is 1. The molecule has 1 aromatic heterocycles. The zero-order valence-electron chi connectivity index (χ0n) is 12.5. The summed E-state index contributed by atoms with van der Waals surface area (Å²) in [5.74, 6) is 2.24. The summed E-state index contributed by atoms with van der Waals surface area (Å²) in [4.78, 5) is 4.24. The molecule has 2 aliphatic rings. The van der Waals surface area contributed by atoms with Gasteiger partial charge in [0.2, 0.25) is 0 Å². The molecule has 1 atom stereocenters. The van der Waals surface area contributed by atoms with Crippen LogP contribution < -0.4 is 19.5 Å². The second-order valence-corrected chi connectivity index (χ2v) is 5.68. The van der Waals surface area contributed by atoms with Crippen LogP contribution in [0.4, 0.5) is 5.69 Å². The molecule has 0 spiro atoms. The lowest BCUT2D eigenvalue weighted by atomic mass is 10.1. The number of ether oxygens (including phenoxy) is 3. The van der Waals surface area contributed by atoms with Crippen LogP contribution in [0.1, 0.15) is 11.1 Å². The Bertz CT molecular complexity index is 702. The third-order valence-corrected chi connectivity index (χ3v) is 3.84. The molecule has 2 aliphatic heterocycles. The van der Waals surface area contributed by atoms with Crippen LogP contribution in [-0.2, 0) is 6.42 Å². The van der Waals surface area contributed by atoms with Gasteiger partial charge in [0.05, 0.1) is 5.69 Å². The first-order valence-electron chi connectivity index (χ1n) is 7.53. The van der Waals surface area contributed by atoms with E-state index in [0.29, 0.717) is 12.5 Å². The molecule has 0 saturated carbocycles. The van der Waals surface area contributed by atoms with Crippen molar-refractivity contribution in [2.45, 2.75) is 19.4 Å². The molecule has 1 aromatic carbocycles. The van der Waals surface area contributed by atoms with Crippen molar-refractivity contribution in [3.63, 3.8) is 0 Å². The van der Waals surface area contributed by atoms with Gasteiger partial charge >= 0.3 is 0 Å². The summed E-state index contributed by atoms with van der Waals surface area (Å²) in [6.45, 7) is 4.08. The number of aryl methyl sites for hydroxylation is 1. The van der Waals surface area contributed by atoms with Gasteiger partial charge in [-0.05, 0) is 36.2 Å². The van der Waals surface area contributed by atoms with E-state index in [1.54, 1.807) is 6.20 Å². The summed E-state index contributed by atoms with van der Waals surface area (Å²) in [5, 5.41) is 3.36. The highest BCUT2D eigenvalue weighted by Crippen LogP contribution is 2.32. The summed E-state index contributed by atoms with van der Waals surface area (Å²) in [5.41, 5.74) is 3.32. The number of pyridine rings is 1. The van der Waals surface area contributed by atoms with Crippen molar-refractivity contribution < 1.29 is 14.2 Å². The summed E-state index contributed by atoms with van der Waals surface area (Å²) in [6.07, 6.45) is 2.58. The van der Waals surface area contributed by atoms with E-state index in [4.69, 9.17) is 14.2 Å². The quantitative estimate of drug-likeness (QED) is 0.923. The molecule has 5 heteroatoms. The first kappa shape index (κ1) is 13.2. The minimum absolute atomic E-state index is 0.00124. The van der Waals surface area contributed by atoms with Crippen molar-refractivity contribution in [1.29, 1.82) is 0 Å². The topological polar surface area (TPSA) is 52.6 Å². The Kier molecular flexibility index (Phi) is 3.25. The lowest BCUT2D eigenvalue weighted by Gasteiger charge is -2.26. The Hall–Kier alpha value is -2.43. The van der Waals surface area contributed by atoms with Crippen LogP contribution >= 0.6 is 0 Å². The second kappa shape index (κ2) is 5.40. The van der Waals surface area contributed by atoms with Crippen molar-refractivity contribution in [1.82, 2.24) is 4.98 Å². The number of fused-ring (bicyclic) bond motifs is 2. The zero-order chi connectivity index (χ0) is 14.9. The Morgan fingerprint density at radius 1 is 1.23 bits per heavy atom. The van der Waals surface area contributed by atoms with Crippen LogP contribution in [0.25, 0.3) is 0 Å². The van der Waals surface area contributed by atoms with Crippen molar-refractivity contribution in [3.8, 4) is 17.4 Å². The third kappa shape index (κ3) is 2.54. The van der Waals surface area contributed by atoms with Crippen LogP contribution in [0.5, 0.6) is 17.4 Å². The average Bonchev–Trinajstić information content (AvgIpc) is 2.54. The van der Waals surface area contributed by atoms with Gasteiger partial charge in [-0.15, -0.1) is 0 Å². The minimum Gasteiger partial charge on any atom is -0.490 e. The van der Waals surface area contributed by atoms with E-state index >= 15 is 0 Å². The maximum absolute atomic E-state index is 6.02. The van der Waals surface area contributed by atoms with Crippen LogP contribution in [0.3, 0.4) is 0 Å². The van der Waals surface area contributed by atoms with Crippen LogP contribution in [0.2, 0.25) is 0 Å². The van der Waals surface area contributed by atoms with Gasteiger partial charge < -0.3 is 19.5 Å². The number of rotatable bonds is 2. The van der Waals surface area contributed by atoms with Gasteiger partial charge in [0.15, 0.2) is 5.75 Å². The van der Waals surface area contributed by atoms with Gasteiger partial charge in [0.25, 0.3) is 5.88 Å². The zero-order valence-corrected chi connectivity index (χ0v) is 12.5. The number of nitrogens with zero attached hydrogens (tertiary/aromatic N) is 1. The van der Waals surface area contributed by atoms with E-state index in [0.717, 1.165) is 42.3 Å². The van der Waals surface area contributed by atoms with E-state index in [-0.39, 0.29) is 6.10 Å². The smallest absolute Gasteiger partial charge is 0.257 e. The monoisotopic (exact) mass is 298 g/mol. The third-order valence-electron chi connectivity index (χ3n) is 3.84. The molecule has 1 N–H and O–H groups in total. The molecule has 22 heavy (non-hydrogen) atoms. The minimum atomic E-state index is -0.00124. The maximum atomic E-state index is 6.02. The van der Waals surface area contributed by atoms with E-state index in [9.17, 15) is 0 Å². The average molecular weight is 298 g/mol. The molecule has 0 bridgehead atoms. The normalized spacial score (nSPS) is 18.9. The second-order valence-electron chi connectivity index (χ2n) is 5.68. The molecular formula is C17H18N2O3. The first-order chi connectivity index (χ1) is 10.8. The van der Waals surface area contributed by atoms with Crippen LogP contribution in [0, 0.1) is 6.92 Å². The number of anilines is 1. The summed E-state index contributed by atoms with van der Waals surface area (Å²) in [6, 6.07) is 8.19. The lowest BCUT2D eigenvalue weighted by Crippen LogP contribution is -2.31. The predicted octanol–water partition coefficient (Wildman–Crippen LogP) is 2.58. The molecule has 0 radical (unpaired) electrons. The SMILES string of the molecule is Cc1cnc2c(c1)OC(Cc1ccc3c(c1)NCCO3)CO2. The Morgan fingerprint density at radius 2 is 2.18 bits per heavy atom. The lowest BCUT2D eigenvalue weighted by molar-refractivity contribution is 0.0863. The Morgan fingerprint density at radius 3 is 3.14 bits per heavy atom. The number of nitrogens with one attached hydrogen (secondary N) is 1. The maximum Gasteiger partial charge on any atom is 0.257 e. The van der Waals surface area contributed by atoms with Gasteiger partial charge in [-0.1, -0.05) is 6.07 Å². The van der Waals surface area contributed by atoms with Gasteiger partial charge in [-0.2, -0.15) is 0 Å². The fraction of sp³-hybridized carbons (Fsp3) is 0.353. The molecule has 0 saturated heterocycles. The van der Waals surface area contributed by atoms with Gasteiger partial charge in [-0.25, -0.2) is 4.98 Å². The van der Waals surface area contributed by atoms with Gasteiger partial charge in [0, 0.05) is 19.2 Å². The number of hydrogen-bond acceptors (Lipinski definition) is 5. The van der Waals surface area contributed by atoms with E-state index in [1.807, 2.05) is 19.1 Å². The standard InChI is InChI=1S/C17H18N2O3/c1-11-6-16-17(19-9-11)21-10-13(22-16)7-12-2-3-15-14(8-12)18-4-5-20-15/h2-3,6,8-9,13,18H,4-5,7,10H2,1H3. The summed E-state index contributed by atoms with van der Waals surface area (Å²) >= 11 is 0. The molecular weight excluding hydrogens is 280 g/mol. The molecule has 5 nitrogen and oxygen atoms in total. The first-order valence-corrected chi connectivity index (χ1v) is 7.53. The number of hydrogen-bond donors (Lipinski definition) is 1. The molecule has 4 rings (SSSR count). The van der Waals surface area contributed by atoms with Crippen LogP contribution in [0.15, 0.2) is 30.5 Å². The molecule has 0 aliphatic carbocycles. The molecule has 2 aromatic rings. The predicted molar refractivity (Wildman–Crippen MR) is 83.0 cm³/mol. The largest absolute Gasteiger partial charge is 0.490 e. The van der Waals surface area contributed by atoms with E-state index in [2.05, 4.69) is 22.4 Å². The Balaban J connectivity index is 1.50. The molecule has 3 heterocycles. The highest BCUT2D eigenvalue weighted by molar-refractivity contribution is 5.59. The highest BCUT2D eigenvalue weighted by Gasteiger charge is 2.23. The molecule has 1 unspecified atom stereocenters.